The third-order valence-electron chi connectivity index (χ3n) is 1.95. The molecule has 80 valence electrons. The van der Waals surface area contributed by atoms with Gasteiger partial charge in [0.05, 0.1) is 5.69 Å². The number of hydrogen-bond acceptors (Lipinski definition) is 2. The van der Waals surface area contributed by atoms with Crippen molar-refractivity contribution in [3.05, 3.63) is 58.8 Å². The second kappa shape index (κ2) is 5.23. The molecular weight excluding hydrogens is 288 g/mol. The topological polar surface area (TPSA) is 25.2 Å². The summed E-state index contributed by atoms with van der Waals surface area (Å²) < 4.78 is 1.02. The lowest BCUT2D eigenvalue weighted by atomic mass is 10.3. The van der Waals surface area contributed by atoms with Crippen molar-refractivity contribution < 1.29 is 0 Å². The highest BCUT2D eigenvalue weighted by Gasteiger charge is 1.99. The molecule has 1 heterocycles. The molecule has 4 heteroatoms. The van der Waals surface area contributed by atoms with E-state index in [1.54, 1.807) is 12.4 Å². The van der Waals surface area contributed by atoms with Crippen LogP contribution in [0.5, 0.6) is 0 Å². The standard InChI is InChI=1S/C12H8BrClN2/c13-10-3-5-11(6-4-10)16-12(14)9-2-1-7-15-8-9/h1-8H. The van der Waals surface area contributed by atoms with Crippen LogP contribution in [0.1, 0.15) is 5.56 Å². The molecule has 0 saturated carbocycles. The van der Waals surface area contributed by atoms with Crippen LogP contribution in [0.4, 0.5) is 5.69 Å². The van der Waals surface area contributed by atoms with Gasteiger partial charge in [-0.05, 0) is 36.4 Å². The number of nitrogens with zero attached hydrogens (tertiary/aromatic N) is 2. The molecule has 0 aliphatic carbocycles. The summed E-state index contributed by atoms with van der Waals surface area (Å²) in [5, 5.41) is 0.440. The summed E-state index contributed by atoms with van der Waals surface area (Å²) in [7, 11) is 0. The van der Waals surface area contributed by atoms with Gasteiger partial charge in [-0.1, -0.05) is 27.5 Å². The molecule has 16 heavy (non-hydrogen) atoms. The summed E-state index contributed by atoms with van der Waals surface area (Å²) >= 11 is 9.44. The predicted octanol–water partition coefficient (Wildman–Crippen LogP) is 4.16. The number of benzene rings is 1. The van der Waals surface area contributed by atoms with E-state index in [-0.39, 0.29) is 0 Å². The number of halogens is 2. The van der Waals surface area contributed by atoms with Crippen molar-refractivity contribution in [1.29, 1.82) is 0 Å². The zero-order valence-corrected chi connectivity index (χ0v) is 10.6. The van der Waals surface area contributed by atoms with Crippen molar-refractivity contribution in [1.82, 2.24) is 4.98 Å². The molecule has 0 spiro atoms. The monoisotopic (exact) mass is 294 g/mol. The Kier molecular flexibility index (Phi) is 3.70. The largest absolute Gasteiger partial charge is 0.264 e. The van der Waals surface area contributed by atoms with Gasteiger partial charge in [-0.2, -0.15) is 0 Å². The third-order valence-corrected chi connectivity index (χ3v) is 2.79. The van der Waals surface area contributed by atoms with E-state index in [2.05, 4.69) is 25.9 Å². The summed E-state index contributed by atoms with van der Waals surface area (Å²) in [6, 6.07) is 11.3. The number of aromatic nitrogens is 1. The van der Waals surface area contributed by atoms with Crippen LogP contribution in [0.2, 0.25) is 0 Å². The maximum Gasteiger partial charge on any atom is 0.138 e. The van der Waals surface area contributed by atoms with Crippen LogP contribution in [-0.2, 0) is 0 Å². The van der Waals surface area contributed by atoms with Crippen molar-refractivity contribution in [3.63, 3.8) is 0 Å². The van der Waals surface area contributed by atoms with Crippen molar-refractivity contribution in [2.24, 2.45) is 4.99 Å². The van der Waals surface area contributed by atoms with E-state index in [9.17, 15) is 0 Å². The van der Waals surface area contributed by atoms with Gasteiger partial charge >= 0.3 is 0 Å². The highest BCUT2D eigenvalue weighted by molar-refractivity contribution is 9.10. The van der Waals surface area contributed by atoms with Crippen molar-refractivity contribution >= 4 is 38.4 Å². The van der Waals surface area contributed by atoms with Gasteiger partial charge in [-0.25, -0.2) is 4.99 Å². The molecular formula is C12H8BrClN2. The first-order chi connectivity index (χ1) is 7.75. The number of pyridine rings is 1. The lowest BCUT2D eigenvalue weighted by Gasteiger charge is -1.98. The van der Waals surface area contributed by atoms with E-state index in [0.717, 1.165) is 15.7 Å². The van der Waals surface area contributed by atoms with Crippen molar-refractivity contribution in [3.8, 4) is 0 Å². The Labute approximate surface area is 107 Å². The summed E-state index contributed by atoms with van der Waals surface area (Å²) in [6.07, 6.45) is 3.39. The Morgan fingerprint density at radius 3 is 2.56 bits per heavy atom. The SMILES string of the molecule is ClC(=Nc1ccc(Br)cc1)c1cccnc1. The molecule has 0 aliphatic heterocycles. The van der Waals surface area contributed by atoms with Crippen LogP contribution in [-0.4, -0.2) is 10.2 Å². The van der Waals surface area contributed by atoms with Crippen LogP contribution in [0, 0.1) is 0 Å². The fraction of sp³-hybridized carbons (Fsp3) is 0. The molecule has 0 amide bonds. The first-order valence-corrected chi connectivity index (χ1v) is 5.83. The second-order valence-corrected chi connectivity index (χ2v) is 4.39. The molecule has 0 saturated heterocycles. The number of hydrogen-bond donors (Lipinski definition) is 0. The number of aliphatic imine (C=N–C) groups is 1. The van der Waals surface area contributed by atoms with Crippen LogP contribution in [0.15, 0.2) is 58.3 Å². The first-order valence-electron chi connectivity index (χ1n) is 4.66. The molecule has 0 unspecified atom stereocenters. The predicted molar refractivity (Wildman–Crippen MR) is 70.4 cm³/mol. The third kappa shape index (κ3) is 2.90. The fourth-order valence-corrected chi connectivity index (χ4v) is 1.65. The molecule has 0 radical (unpaired) electrons. The molecule has 2 aromatic rings. The van der Waals surface area contributed by atoms with Gasteiger partial charge in [0, 0.05) is 22.4 Å². The summed E-state index contributed by atoms with van der Waals surface area (Å²) in [6.45, 7) is 0. The average molecular weight is 296 g/mol. The second-order valence-electron chi connectivity index (χ2n) is 3.12. The normalized spacial score (nSPS) is 11.5. The Bertz CT molecular complexity index is 494. The smallest absolute Gasteiger partial charge is 0.138 e. The Balaban J connectivity index is 2.28. The minimum Gasteiger partial charge on any atom is -0.264 e. The van der Waals surface area contributed by atoms with Gasteiger partial charge in [-0.15, -0.1) is 0 Å². The van der Waals surface area contributed by atoms with Crippen LogP contribution >= 0.6 is 27.5 Å². The fourth-order valence-electron chi connectivity index (χ4n) is 1.18. The van der Waals surface area contributed by atoms with Gasteiger partial charge < -0.3 is 0 Å². The lowest BCUT2D eigenvalue weighted by molar-refractivity contribution is 1.32. The summed E-state index contributed by atoms with van der Waals surface area (Å²) in [4.78, 5) is 8.28. The van der Waals surface area contributed by atoms with E-state index >= 15 is 0 Å². The van der Waals surface area contributed by atoms with Crippen LogP contribution in [0.25, 0.3) is 0 Å². The maximum atomic E-state index is 6.08. The highest BCUT2D eigenvalue weighted by Crippen LogP contribution is 2.18. The van der Waals surface area contributed by atoms with Gasteiger partial charge in [0.25, 0.3) is 0 Å². The summed E-state index contributed by atoms with van der Waals surface area (Å²) in [5.41, 5.74) is 1.63. The van der Waals surface area contributed by atoms with E-state index in [1.807, 2.05) is 36.4 Å². The molecule has 0 N–H and O–H groups in total. The van der Waals surface area contributed by atoms with E-state index in [0.29, 0.717) is 5.17 Å². The zero-order valence-electron chi connectivity index (χ0n) is 8.27. The molecule has 0 bridgehead atoms. The molecule has 2 rings (SSSR count). The van der Waals surface area contributed by atoms with E-state index < -0.39 is 0 Å². The minimum absolute atomic E-state index is 0.440. The highest BCUT2D eigenvalue weighted by atomic mass is 79.9. The van der Waals surface area contributed by atoms with Crippen molar-refractivity contribution in [2.45, 2.75) is 0 Å². The Hall–Kier alpha value is -1.19. The molecule has 0 fully saturated rings. The minimum atomic E-state index is 0.440. The average Bonchev–Trinajstić information content (AvgIpc) is 2.33. The molecule has 0 atom stereocenters. The molecule has 0 aliphatic rings. The van der Waals surface area contributed by atoms with Crippen molar-refractivity contribution in [2.75, 3.05) is 0 Å². The van der Waals surface area contributed by atoms with Gasteiger partial charge in [0.1, 0.15) is 5.17 Å². The molecule has 1 aromatic carbocycles. The van der Waals surface area contributed by atoms with Gasteiger partial charge in [0.2, 0.25) is 0 Å². The molecule has 1 aromatic heterocycles. The molecule has 2 nitrogen and oxygen atoms in total. The lowest BCUT2D eigenvalue weighted by Crippen LogP contribution is -1.90. The van der Waals surface area contributed by atoms with Crippen LogP contribution in [0.3, 0.4) is 0 Å². The Morgan fingerprint density at radius 1 is 1.19 bits per heavy atom. The van der Waals surface area contributed by atoms with E-state index in [1.165, 1.54) is 0 Å². The number of rotatable bonds is 2. The van der Waals surface area contributed by atoms with Crippen LogP contribution < -0.4 is 0 Å². The van der Waals surface area contributed by atoms with E-state index in [4.69, 9.17) is 11.6 Å². The summed E-state index contributed by atoms with van der Waals surface area (Å²) in [5.74, 6) is 0. The first kappa shape index (κ1) is 11.3. The van der Waals surface area contributed by atoms with Gasteiger partial charge in [0.15, 0.2) is 0 Å². The maximum absolute atomic E-state index is 6.08. The zero-order chi connectivity index (χ0) is 11.4. The Morgan fingerprint density at radius 2 is 1.94 bits per heavy atom. The van der Waals surface area contributed by atoms with Gasteiger partial charge in [-0.3, -0.25) is 4.98 Å². The quantitative estimate of drug-likeness (QED) is 0.764.